The number of nitrogens with zero attached hydrogens (tertiary/aromatic N) is 3. The van der Waals surface area contributed by atoms with E-state index in [2.05, 4.69) is 15.5 Å². The first-order chi connectivity index (χ1) is 11.7. The van der Waals surface area contributed by atoms with Crippen LogP contribution in [-0.2, 0) is 4.79 Å². The van der Waals surface area contributed by atoms with Gasteiger partial charge < -0.3 is 13.9 Å². The highest BCUT2D eigenvalue weighted by Crippen LogP contribution is 2.22. The highest BCUT2D eigenvalue weighted by molar-refractivity contribution is 5.90. The zero-order valence-corrected chi connectivity index (χ0v) is 13.6. The second-order valence-corrected chi connectivity index (χ2v) is 5.95. The van der Waals surface area contributed by atoms with Gasteiger partial charge in [-0.15, -0.1) is 5.10 Å². The van der Waals surface area contributed by atoms with Crippen LogP contribution in [0, 0.1) is 0 Å². The summed E-state index contributed by atoms with van der Waals surface area (Å²) >= 11 is 0. The second kappa shape index (κ2) is 7.59. The predicted molar refractivity (Wildman–Crippen MR) is 86.1 cm³/mol. The summed E-state index contributed by atoms with van der Waals surface area (Å²) in [5.74, 6) is 0.428. The molecule has 24 heavy (non-hydrogen) atoms. The first-order valence-corrected chi connectivity index (χ1v) is 8.26. The molecule has 2 aromatic heterocycles. The van der Waals surface area contributed by atoms with Crippen LogP contribution in [-0.4, -0.2) is 51.3 Å². The van der Waals surface area contributed by atoms with Crippen molar-refractivity contribution in [3.8, 4) is 11.7 Å². The van der Waals surface area contributed by atoms with Crippen molar-refractivity contribution in [1.29, 1.82) is 0 Å². The smallest absolute Gasteiger partial charge is 0.322 e. The summed E-state index contributed by atoms with van der Waals surface area (Å²) in [5, 5.41) is 20.4. The Morgan fingerprint density at radius 3 is 3.12 bits per heavy atom. The molecule has 130 valence electrons. The zero-order valence-electron chi connectivity index (χ0n) is 13.6. The minimum atomic E-state index is -0.410. The van der Waals surface area contributed by atoms with Gasteiger partial charge in [0.15, 0.2) is 5.76 Å². The number of hydrogen-bond donors (Lipinski definition) is 2. The fourth-order valence-electron chi connectivity index (χ4n) is 3.04. The SMILES string of the molecule is CCC(O)C1CCCCN1CC(=O)Nc1nnc(-c2ccco2)o1. The van der Waals surface area contributed by atoms with Gasteiger partial charge in [0.2, 0.25) is 5.91 Å². The lowest BCUT2D eigenvalue weighted by Gasteiger charge is -2.37. The fraction of sp³-hybridized carbons (Fsp3) is 0.562. The van der Waals surface area contributed by atoms with Gasteiger partial charge in [-0.2, -0.15) is 0 Å². The molecule has 3 heterocycles. The maximum absolute atomic E-state index is 12.2. The van der Waals surface area contributed by atoms with E-state index in [9.17, 15) is 9.90 Å². The van der Waals surface area contributed by atoms with Crippen LogP contribution >= 0.6 is 0 Å². The minimum absolute atomic E-state index is 0.0239. The highest BCUT2D eigenvalue weighted by Gasteiger charge is 2.29. The summed E-state index contributed by atoms with van der Waals surface area (Å²) in [6.07, 6.45) is 4.80. The first kappa shape index (κ1) is 16.7. The Hall–Kier alpha value is -2.19. The number of furan rings is 1. The average Bonchev–Trinajstić information content (AvgIpc) is 3.25. The molecule has 2 aromatic rings. The number of aromatic nitrogens is 2. The summed E-state index contributed by atoms with van der Waals surface area (Å²) in [6.45, 7) is 2.95. The van der Waals surface area contributed by atoms with Crippen LogP contribution in [0.3, 0.4) is 0 Å². The van der Waals surface area contributed by atoms with Gasteiger partial charge >= 0.3 is 6.01 Å². The summed E-state index contributed by atoms with van der Waals surface area (Å²) in [6, 6.07) is 3.48. The van der Waals surface area contributed by atoms with Gasteiger partial charge in [0, 0.05) is 6.04 Å². The van der Waals surface area contributed by atoms with E-state index in [-0.39, 0.29) is 30.4 Å². The standard InChI is InChI=1S/C16H22N4O4/c1-2-12(21)11-6-3-4-8-20(11)10-14(22)17-16-19-18-15(24-16)13-7-5-9-23-13/h5,7,9,11-12,21H,2-4,6,8,10H2,1H3,(H,17,19,22). The second-order valence-electron chi connectivity index (χ2n) is 5.95. The molecule has 8 nitrogen and oxygen atoms in total. The van der Waals surface area contributed by atoms with E-state index < -0.39 is 6.10 Å². The Balaban J connectivity index is 1.58. The summed E-state index contributed by atoms with van der Waals surface area (Å²) in [7, 11) is 0. The van der Waals surface area contributed by atoms with Crippen LogP contribution in [0.1, 0.15) is 32.6 Å². The van der Waals surface area contributed by atoms with Gasteiger partial charge in [-0.05, 0) is 37.9 Å². The molecule has 0 aliphatic carbocycles. The number of hydrogen-bond acceptors (Lipinski definition) is 7. The van der Waals surface area contributed by atoms with E-state index in [0.717, 1.165) is 25.8 Å². The third-order valence-electron chi connectivity index (χ3n) is 4.28. The molecule has 3 rings (SSSR count). The van der Waals surface area contributed by atoms with E-state index in [1.165, 1.54) is 6.26 Å². The number of aliphatic hydroxyl groups excluding tert-OH is 1. The Labute approximate surface area is 139 Å². The zero-order chi connectivity index (χ0) is 16.9. The number of carbonyl (C=O) groups is 1. The van der Waals surface area contributed by atoms with Gasteiger partial charge in [-0.3, -0.25) is 15.0 Å². The quantitative estimate of drug-likeness (QED) is 0.831. The molecular weight excluding hydrogens is 312 g/mol. The molecule has 2 unspecified atom stereocenters. The van der Waals surface area contributed by atoms with E-state index in [0.29, 0.717) is 12.2 Å². The van der Waals surface area contributed by atoms with Gasteiger partial charge in [-0.1, -0.05) is 18.4 Å². The normalized spacial score (nSPS) is 20.0. The van der Waals surface area contributed by atoms with Crippen molar-refractivity contribution in [2.75, 3.05) is 18.4 Å². The molecule has 0 spiro atoms. The number of rotatable bonds is 6. The molecule has 1 amide bonds. The monoisotopic (exact) mass is 334 g/mol. The first-order valence-electron chi connectivity index (χ1n) is 8.26. The number of amides is 1. The lowest BCUT2D eigenvalue weighted by Crippen LogP contribution is -2.49. The Kier molecular flexibility index (Phi) is 5.27. The maximum Gasteiger partial charge on any atom is 0.322 e. The topological polar surface area (TPSA) is 105 Å². The molecule has 2 atom stereocenters. The van der Waals surface area contributed by atoms with Gasteiger partial charge in [-0.25, -0.2) is 0 Å². The Bertz CT molecular complexity index is 655. The van der Waals surface area contributed by atoms with Crippen LogP contribution in [0.2, 0.25) is 0 Å². The third-order valence-corrected chi connectivity index (χ3v) is 4.28. The summed E-state index contributed by atoms with van der Waals surface area (Å²) in [4.78, 5) is 14.3. The number of nitrogens with one attached hydrogen (secondary N) is 1. The molecular formula is C16H22N4O4. The van der Waals surface area contributed by atoms with Crippen molar-refractivity contribution in [1.82, 2.24) is 15.1 Å². The predicted octanol–water partition coefficient (Wildman–Crippen LogP) is 1.89. The van der Waals surface area contributed by atoms with E-state index in [4.69, 9.17) is 8.83 Å². The summed E-state index contributed by atoms with van der Waals surface area (Å²) < 4.78 is 10.5. The van der Waals surface area contributed by atoms with Gasteiger partial charge in [0.1, 0.15) is 0 Å². The van der Waals surface area contributed by atoms with Crippen molar-refractivity contribution < 1.29 is 18.7 Å². The summed E-state index contributed by atoms with van der Waals surface area (Å²) in [5.41, 5.74) is 0. The number of piperidine rings is 1. The van der Waals surface area contributed by atoms with E-state index in [1.807, 2.05) is 11.8 Å². The highest BCUT2D eigenvalue weighted by atomic mass is 16.4. The van der Waals surface area contributed by atoms with Crippen LogP contribution in [0.4, 0.5) is 6.01 Å². The molecule has 8 heteroatoms. The Morgan fingerprint density at radius 2 is 2.38 bits per heavy atom. The number of aliphatic hydroxyl groups is 1. The van der Waals surface area contributed by atoms with Crippen LogP contribution < -0.4 is 5.32 Å². The molecule has 1 fully saturated rings. The van der Waals surface area contributed by atoms with Crippen molar-refractivity contribution in [2.45, 2.75) is 44.8 Å². The largest absolute Gasteiger partial charge is 0.459 e. The molecule has 1 saturated heterocycles. The fourth-order valence-corrected chi connectivity index (χ4v) is 3.04. The molecule has 0 radical (unpaired) electrons. The maximum atomic E-state index is 12.2. The van der Waals surface area contributed by atoms with E-state index >= 15 is 0 Å². The Morgan fingerprint density at radius 1 is 1.50 bits per heavy atom. The van der Waals surface area contributed by atoms with Crippen LogP contribution in [0.15, 0.2) is 27.2 Å². The van der Waals surface area contributed by atoms with Gasteiger partial charge in [0.25, 0.3) is 5.89 Å². The molecule has 0 aromatic carbocycles. The van der Waals surface area contributed by atoms with E-state index in [1.54, 1.807) is 12.1 Å². The van der Waals surface area contributed by atoms with Gasteiger partial charge in [0.05, 0.1) is 18.9 Å². The minimum Gasteiger partial charge on any atom is -0.459 e. The molecule has 0 saturated carbocycles. The van der Waals surface area contributed by atoms with Crippen molar-refractivity contribution >= 4 is 11.9 Å². The van der Waals surface area contributed by atoms with Crippen molar-refractivity contribution in [2.24, 2.45) is 0 Å². The third kappa shape index (κ3) is 3.82. The van der Waals surface area contributed by atoms with Crippen molar-refractivity contribution in [3.05, 3.63) is 18.4 Å². The van der Waals surface area contributed by atoms with Crippen LogP contribution in [0.5, 0.6) is 0 Å². The number of anilines is 1. The molecule has 1 aliphatic rings. The molecule has 0 bridgehead atoms. The number of likely N-dealkylation sites (tertiary alicyclic amines) is 1. The van der Waals surface area contributed by atoms with Crippen LogP contribution in [0.25, 0.3) is 11.7 Å². The lowest BCUT2D eigenvalue weighted by atomic mass is 9.96. The number of carbonyl (C=O) groups excluding carboxylic acids is 1. The van der Waals surface area contributed by atoms with Crippen molar-refractivity contribution in [3.63, 3.8) is 0 Å². The molecule has 1 aliphatic heterocycles. The lowest BCUT2D eigenvalue weighted by molar-refractivity contribution is -0.119. The molecule has 2 N–H and O–H groups in total. The average molecular weight is 334 g/mol.